The molecule has 0 atom stereocenters. The number of hydrogen-bond donors (Lipinski definition) is 2. The Morgan fingerprint density at radius 2 is 2.37 bits per heavy atom. The number of pyridine rings is 1. The molecular formula is C14H13N3O2. The van der Waals surface area contributed by atoms with E-state index in [9.17, 15) is 4.79 Å². The van der Waals surface area contributed by atoms with E-state index in [1.54, 1.807) is 30.7 Å². The first kappa shape index (κ1) is 12.9. The van der Waals surface area contributed by atoms with E-state index >= 15 is 0 Å². The van der Waals surface area contributed by atoms with Gasteiger partial charge in [-0.15, -0.1) is 0 Å². The molecule has 0 aliphatic carbocycles. The Hall–Kier alpha value is -2.58. The van der Waals surface area contributed by atoms with Crippen molar-refractivity contribution in [1.29, 1.82) is 0 Å². The normalized spacial score (nSPS) is 9.53. The van der Waals surface area contributed by atoms with Crippen LogP contribution < -0.4 is 11.1 Å². The molecule has 5 nitrogen and oxygen atoms in total. The van der Waals surface area contributed by atoms with Crippen molar-refractivity contribution in [3.05, 3.63) is 53.7 Å². The van der Waals surface area contributed by atoms with Crippen molar-refractivity contribution < 1.29 is 9.21 Å². The minimum Gasteiger partial charge on any atom is -0.467 e. The molecule has 0 saturated heterocycles. The summed E-state index contributed by atoms with van der Waals surface area (Å²) in [6.07, 6.45) is 4.64. The molecule has 0 aromatic carbocycles. The summed E-state index contributed by atoms with van der Waals surface area (Å²) in [5, 5.41) is 2.74. The highest BCUT2D eigenvalue weighted by Gasteiger charge is 2.06. The van der Waals surface area contributed by atoms with E-state index in [1.165, 1.54) is 6.20 Å². The summed E-state index contributed by atoms with van der Waals surface area (Å²) in [4.78, 5) is 15.9. The molecule has 2 aromatic rings. The standard InChI is InChI=1S/C14H13N3O2/c15-5-1-3-11-7-12(9-16-8-11)14(18)17-10-13-4-2-6-19-13/h2,4,6-9H,5,10,15H2,(H,17,18). The molecule has 19 heavy (non-hydrogen) atoms. The average molecular weight is 255 g/mol. The minimum atomic E-state index is -0.222. The first-order chi connectivity index (χ1) is 9.29. The van der Waals surface area contributed by atoms with Crippen molar-refractivity contribution >= 4 is 5.91 Å². The molecule has 0 saturated carbocycles. The molecule has 0 aliphatic heterocycles. The van der Waals surface area contributed by atoms with Gasteiger partial charge in [-0.1, -0.05) is 11.8 Å². The molecular weight excluding hydrogens is 242 g/mol. The number of nitrogens with one attached hydrogen (secondary N) is 1. The highest BCUT2D eigenvalue weighted by molar-refractivity contribution is 5.94. The third-order valence-electron chi connectivity index (χ3n) is 2.34. The lowest BCUT2D eigenvalue weighted by Crippen LogP contribution is -2.22. The molecule has 0 unspecified atom stereocenters. The number of hydrogen-bond acceptors (Lipinski definition) is 4. The van der Waals surface area contributed by atoms with Gasteiger partial charge < -0.3 is 15.5 Å². The first-order valence-corrected chi connectivity index (χ1v) is 5.74. The number of furan rings is 1. The second-order valence-corrected chi connectivity index (χ2v) is 3.73. The van der Waals surface area contributed by atoms with E-state index in [0.29, 0.717) is 23.4 Å². The first-order valence-electron chi connectivity index (χ1n) is 5.74. The molecule has 0 spiro atoms. The van der Waals surface area contributed by atoms with Gasteiger partial charge in [-0.25, -0.2) is 0 Å². The Bertz CT molecular complexity index is 609. The van der Waals surface area contributed by atoms with Crippen molar-refractivity contribution in [2.24, 2.45) is 5.73 Å². The van der Waals surface area contributed by atoms with Crippen LogP contribution in [0.2, 0.25) is 0 Å². The van der Waals surface area contributed by atoms with Crippen LogP contribution in [-0.4, -0.2) is 17.4 Å². The van der Waals surface area contributed by atoms with E-state index < -0.39 is 0 Å². The smallest absolute Gasteiger partial charge is 0.253 e. The van der Waals surface area contributed by atoms with E-state index in [2.05, 4.69) is 22.1 Å². The zero-order valence-electron chi connectivity index (χ0n) is 10.2. The Balaban J connectivity index is 2.02. The van der Waals surface area contributed by atoms with Crippen molar-refractivity contribution in [2.45, 2.75) is 6.54 Å². The van der Waals surface area contributed by atoms with E-state index in [0.717, 1.165) is 0 Å². The largest absolute Gasteiger partial charge is 0.467 e. The molecule has 3 N–H and O–H groups in total. The number of nitrogens with two attached hydrogens (primary N) is 1. The molecule has 2 aromatic heterocycles. The fourth-order valence-corrected chi connectivity index (χ4v) is 1.47. The molecule has 0 bridgehead atoms. The second-order valence-electron chi connectivity index (χ2n) is 3.73. The molecule has 0 aliphatic rings. The number of carbonyl (C=O) groups is 1. The zero-order valence-corrected chi connectivity index (χ0v) is 10.2. The number of carbonyl (C=O) groups excluding carboxylic acids is 1. The van der Waals surface area contributed by atoms with Gasteiger partial charge in [0, 0.05) is 18.0 Å². The lowest BCUT2D eigenvalue weighted by Gasteiger charge is -2.03. The van der Waals surface area contributed by atoms with E-state index in [1.807, 2.05) is 0 Å². The number of aromatic nitrogens is 1. The van der Waals surface area contributed by atoms with Gasteiger partial charge in [0.05, 0.1) is 24.9 Å². The molecule has 2 rings (SSSR count). The van der Waals surface area contributed by atoms with Gasteiger partial charge in [0.25, 0.3) is 5.91 Å². The Labute approximate surface area is 110 Å². The third-order valence-corrected chi connectivity index (χ3v) is 2.34. The fourth-order valence-electron chi connectivity index (χ4n) is 1.47. The second kappa shape index (κ2) is 6.38. The maximum absolute atomic E-state index is 11.9. The molecule has 0 radical (unpaired) electrons. The minimum absolute atomic E-state index is 0.222. The van der Waals surface area contributed by atoms with Gasteiger partial charge in [-0.3, -0.25) is 9.78 Å². The van der Waals surface area contributed by atoms with Crippen LogP contribution in [0.1, 0.15) is 21.7 Å². The van der Waals surface area contributed by atoms with Gasteiger partial charge in [0.15, 0.2) is 0 Å². The van der Waals surface area contributed by atoms with Crippen LogP contribution in [0.15, 0.2) is 41.3 Å². The van der Waals surface area contributed by atoms with Gasteiger partial charge in [-0.05, 0) is 18.2 Å². The molecule has 1 amide bonds. The summed E-state index contributed by atoms with van der Waals surface area (Å²) in [5.41, 5.74) is 6.41. The monoisotopic (exact) mass is 255 g/mol. The highest BCUT2D eigenvalue weighted by Crippen LogP contribution is 2.03. The highest BCUT2D eigenvalue weighted by atomic mass is 16.3. The summed E-state index contributed by atoms with van der Waals surface area (Å²) in [5.74, 6) is 6.02. The van der Waals surface area contributed by atoms with Crippen LogP contribution in [0.4, 0.5) is 0 Å². The van der Waals surface area contributed by atoms with E-state index in [4.69, 9.17) is 10.2 Å². The van der Waals surface area contributed by atoms with Gasteiger partial charge >= 0.3 is 0 Å². The maximum Gasteiger partial charge on any atom is 0.253 e. The summed E-state index contributed by atoms with van der Waals surface area (Å²) < 4.78 is 5.13. The molecule has 0 fully saturated rings. The zero-order chi connectivity index (χ0) is 13.5. The Morgan fingerprint density at radius 3 is 3.11 bits per heavy atom. The van der Waals surface area contributed by atoms with Crippen LogP contribution in [0, 0.1) is 11.8 Å². The van der Waals surface area contributed by atoms with Crippen molar-refractivity contribution in [3.63, 3.8) is 0 Å². The molecule has 96 valence electrons. The lowest BCUT2D eigenvalue weighted by molar-refractivity contribution is 0.0947. The van der Waals surface area contributed by atoms with Crippen LogP contribution >= 0.6 is 0 Å². The van der Waals surface area contributed by atoms with Crippen molar-refractivity contribution in [3.8, 4) is 11.8 Å². The maximum atomic E-state index is 11.9. The van der Waals surface area contributed by atoms with Crippen molar-refractivity contribution in [1.82, 2.24) is 10.3 Å². The number of rotatable bonds is 3. The summed E-state index contributed by atoms with van der Waals surface area (Å²) >= 11 is 0. The fraction of sp³-hybridized carbons (Fsp3) is 0.143. The van der Waals surface area contributed by atoms with Crippen LogP contribution in [0.25, 0.3) is 0 Å². The summed E-state index contributed by atoms with van der Waals surface area (Å²) in [6.45, 7) is 0.611. The average Bonchev–Trinajstić information content (AvgIpc) is 2.96. The number of nitrogens with zero attached hydrogens (tertiary/aromatic N) is 1. The Morgan fingerprint density at radius 1 is 1.47 bits per heavy atom. The van der Waals surface area contributed by atoms with Crippen LogP contribution in [-0.2, 0) is 6.54 Å². The topological polar surface area (TPSA) is 81.1 Å². The molecule has 2 heterocycles. The molecule has 5 heteroatoms. The van der Waals surface area contributed by atoms with Crippen LogP contribution in [0.5, 0.6) is 0 Å². The summed E-state index contributed by atoms with van der Waals surface area (Å²) in [6, 6.07) is 5.24. The Kier molecular flexibility index (Phi) is 4.32. The SMILES string of the molecule is NCC#Cc1cncc(C(=O)NCc2ccco2)c1. The van der Waals surface area contributed by atoms with Gasteiger partial charge in [0.1, 0.15) is 5.76 Å². The van der Waals surface area contributed by atoms with Gasteiger partial charge in [-0.2, -0.15) is 0 Å². The predicted molar refractivity (Wildman–Crippen MR) is 70.0 cm³/mol. The summed E-state index contributed by atoms with van der Waals surface area (Å²) in [7, 11) is 0. The quantitative estimate of drug-likeness (QED) is 0.799. The van der Waals surface area contributed by atoms with Crippen LogP contribution in [0.3, 0.4) is 0 Å². The lowest BCUT2D eigenvalue weighted by atomic mass is 10.2. The van der Waals surface area contributed by atoms with Crippen molar-refractivity contribution in [2.75, 3.05) is 6.54 Å². The number of amides is 1. The van der Waals surface area contributed by atoms with Gasteiger partial charge in [0.2, 0.25) is 0 Å². The third kappa shape index (κ3) is 3.69. The predicted octanol–water partition coefficient (Wildman–Crippen LogP) is 0.915. The van der Waals surface area contributed by atoms with E-state index in [-0.39, 0.29) is 12.5 Å².